The maximum atomic E-state index is 12.7. The van der Waals surface area contributed by atoms with Gasteiger partial charge >= 0.3 is 0 Å². The van der Waals surface area contributed by atoms with Gasteiger partial charge in [-0.2, -0.15) is 0 Å². The highest BCUT2D eigenvalue weighted by Crippen LogP contribution is 2.38. The topological polar surface area (TPSA) is 20.3 Å². The number of fused-ring (bicyclic) bond motifs is 1. The van der Waals surface area contributed by atoms with Crippen molar-refractivity contribution < 1.29 is 4.79 Å². The summed E-state index contributed by atoms with van der Waals surface area (Å²) in [5.74, 6) is 0.129. The van der Waals surface area contributed by atoms with Gasteiger partial charge in [-0.05, 0) is 37.1 Å². The van der Waals surface area contributed by atoms with Crippen LogP contribution in [0.25, 0.3) is 11.6 Å². The standard InChI is InChI=1S/C18H19NOS/c1-3-11-19-17-8-6-5-7-15(17)16(18(19)20)12-14-10-9-13(4-2)21-14/h5-10,12H,3-4,11H2,1-2H3/b16-12-. The summed E-state index contributed by atoms with van der Waals surface area (Å²) >= 11 is 1.76. The molecule has 2 heterocycles. The van der Waals surface area contributed by atoms with E-state index in [9.17, 15) is 4.79 Å². The van der Waals surface area contributed by atoms with Gasteiger partial charge in [-0.25, -0.2) is 0 Å². The van der Waals surface area contributed by atoms with E-state index in [1.54, 1.807) is 11.3 Å². The maximum Gasteiger partial charge on any atom is 0.259 e. The molecule has 3 heteroatoms. The number of para-hydroxylation sites is 1. The van der Waals surface area contributed by atoms with E-state index in [4.69, 9.17) is 0 Å². The quantitative estimate of drug-likeness (QED) is 0.755. The SMILES string of the molecule is CCCN1C(=O)/C(=C\c2ccc(CC)s2)c2ccccc21. The molecule has 0 radical (unpaired) electrons. The van der Waals surface area contributed by atoms with Crippen molar-refractivity contribution in [3.63, 3.8) is 0 Å². The van der Waals surface area contributed by atoms with E-state index in [1.807, 2.05) is 35.2 Å². The van der Waals surface area contributed by atoms with Gasteiger partial charge < -0.3 is 4.90 Å². The van der Waals surface area contributed by atoms with Crippen molar-refractivity contribution in [1.29, 1.82) is 0 Å². The Morgan fingerprint density at radius 3 is 2.67 bits per heavy atom. The van der Waals surface area contributed by atoms with Gasteiger partial charge in [0.1, 0.15) is 0 Å². The number of benzene rings is 1. The van der Waals surface area contributed by atoms with Crippen molar-refractivity contribution in [2.45, 2.75) is 26.7 Å². The summed E-state index contributed by atoms with van der Waals surface area (Å²) < 4.78 is 0. The number of carbonyl (C=O) groups excluding carboxylic acids is 1. The second-order valence-corrected chi connectivity index (χ2v) is 6.39. The fraction of sp³-hybridized carbons (Fsp3) is 0.278. The molecule has 0 atom stereocenters. The van der Waals surface area contributed by atoms with Crippen molar-refractivity contribution in [1.82, 2.24) is 0 Å². The number of nitrogens with zero attached hydrogens (tertiary/aromatic N) is 1. The molecule has 21 heavy (non-hydrogen) atoms. The van der Waals surface area contributed by atoms with Gasteiger partial charge in [0, 0.05) is 21.9 Å². The molecule has 1 amide bonds. The van der Waals surface area contributed by atoms with Crippen molar-refractivity contribution in [3.05, 3.63) is 51.7 Å². The number of carbonyl (C=O) groups is 1. The highest BCUT2D eigenvalue weighted by atomic mass is 32.1. The Morgan fingerprint density at radius 2 is 1.95 bits per heavy atom. The van der Waals surface area contributed by atoms with Crippen LogP contribution in [0.15, 0.2) is 36.4 Å². The number of thiophene rings is 1. The first-order valence-corrected chi connectivity index (χ1v) is 8.28. The van der Waals surface area contributed by atoms with Gasteiger partial charge in [0.15, 0.2) is 0 Å². The minimum atomic E-state index is 0.129. The van der Waals surface area contributed by atoms with Gasteiger partial charge in [-0.3, -0.25) is 4.79 Å². The molecule has 1 aromatic carbocycles. The van der Waals surface area contributed by atoms with Crippen LogP contribution < -0.4 is 4.90 Å². The zero-order valence-corrected chi connectivity index (χ0v) is 13.2. The van der Waals surface area contributed by atoms with Gasteiger partial charge in [0.05, 0.1) is 11.3 Å². The normalized spacial score (nSPS) is 15.8. The van der Waals surface area contributed by atoms with E-state index in [0.29, 0.717) is 0 Å². The van der Waals surface area contributed by atoms with Crippen molar-refractivity contribution in [2.75, 3.05) is 11.4 Å². The number of amides is 1. The van der Waals surface area contributed by atoms with Crippen LogP contribution in [0.2, 0.25) is 0 Å². The van der Waals surface area contributed by atoms with E-state index < -0.39 is 0 Å². The molecule has 0 spiro atoms. The molecule has 1 aromatic heterocycles. The summed E-state index contributed by atoms with van der Waals surface area (Å²) in [4.78, 5) is 17.1. The van der Waals surface area contributed by atoms with E-state index >= 15 is 0 Å². The molecular formula is C18H19NOS. The molecule has 0 N–H and O–H groups in total. The summed E-state index contributed by atoms with van der Waals surface area (Å²) in [7, 11) is 0. The molecule has 108 valence electrons. The van der Waals surface area contributed by atoms with E-state index in [2.05, 4.69) is 26.0 Å². The molecule has 0 saturated heterocycles. The first-order valence-electron chi connectivity index (χ1n) is 7.46. The molecule has 0 fully saturated rings. The molecule has 0 saturated carbocycles. The number of hydrogen-bond acceptors (Lipinski definition) is 2. The monoisotopic (exact) mass is 297 g/mol. The zero-order chi connectivity index (χ0) is 14.8. The van der Waals surface area contributed by atoms with Crippen LogP contribution in [0.5, 0.6) is 0 Å². The molecule has 0 aliphatic carbocycles. The number of aryl methyl sites for hydroxylation is 1. The predicted molar refractivity (Wildman–Crippen MR) is 90.7 cm³/mol. The van der Waals surface area contributed by atoms with Gasteiger partial charge in [-0.1, -0.05) is 32.0 Å². The predicted octanol–water partition coefficient (Wildman–Crippen LogP) is 4.61. The Morgan fingerprint density at radius 1 is 1.14 bits per heavy atom. The van der Waals surface area contributed by atoms with E-state index in [1.165, 1.54) is 4.88 Å². The third kappa shape index (κ3) is 2.54. The van der Waals surface area contributed by atoms with Crippen LogP contribution in [0.4, 0.5) is 5.69 Å². The summed E-state index contributed by atoms with van der Waals surface area (Å²) in [5.41, 5.74) is 2.92. The molecule has 0 unspecified atom stereocenters. The first kappa shape index (κ1) is 14.1. The number of rotatable bonds is 4. The third-order valence-corrected chi connectivity index (χ3v) is 4.90. The first-order chi connectivity index (χ1) is 10.2. The van der Waals surface area contributed by atoms with Gasteiger partial charge in [-0.15, -0.1) is 11.3 Å². The Balaban J connectivity index is 2.04. The second kappa shape index (κ2) is 5.86. The Labute approximate surface area is 129 Å². The molecule has 0 bridgehead atoms. The lowest BCUT2D eigenvalue weighted by atomic mass is 10.1. The average Bonchev–Trinajstić information content (AvgIpc) is 3.06. The lowest BCUT2D eigenvalue weighted by molar-refractivity contribution is -0.113. The fourth-order valence-electron chi connectivity index (χ4n) is 2.70. The highest BCUT2D eigenvalue weighted by Gasteiger charge is 2.31. The van der Waals surface area contributed by atoms with Gasteiger partial charge in [0.25, 0.3) is 5.91 Å². The molecule has 3 rings (SSSR count). The average molecular weight is 297 g/mol. The number of anilines is 1. The minimum Gasteiger partial charge on any atom is -0.308 e. The van der Waals surface area contributed by atoms with Crippen LogP contribution in [-0.4, -0.2) is 12.5 Å². The molecule has 2 aromatic rings. The van der Waals surface area contributed by atoms with E-state index in [0.717, 1.165) is 41.1 Å². The Bertz CT molecular complexity index is 699. The second-order valence-electron chi connectivity index (χ2n) is 5.19. The molecule has 1 aliphatic rings. The lowest BCUT2D eigenvalue weighted by Crippen LogP contribution is -2.26. The van der Waals surface area contributed by atoms with Crippen LogP contribution in [-0.2, 0) is 11.2 Å². The lowest BCUT2D eigenvalue weighted by Gasteiger charge is -2.15. The van der Waals surface area contributed by atoms with Crippen LogP contribution in [0, 0.1) is 0 Å². The van der Waals surface area contributed by atoms with Crippen molar-refractivity contribution in [2.24, 2.45) is 0 Å². The van der Waals surface area contributed by atoms with Gasteiger partial charge in [0.2, 0.25) is 0 Å². The Kier molecular flexibility index (Phi) is 3.93. The smallest absolute Gasteiger partial charge is 0.259 e. The van der Waals surface area contributed by atoms with Crippen molar-refractivity contribution in [3.8, 4) is 0 Å². The summed E-state index contributed by atoms with van der Waals surface area (Å²) in [5, 5.41) is 0. The molecular weight excluding hydrogens is 278 g/mol. The van der Waals surface area contributed by atoms with Crippen LogP contribution in [0.3, 0.4) is 0 Å². The zero-order valence-electron chi connectivity index (χ0n) is 12.4. The summed E-state index contributed by atoms with van der Waals surface area (Å²) in [6.07, 6.45) is 4.05. The van der Waals surface area contributed by atoms with Crippen molar-refractivity contribution >= 4 is 34.6 Å². The fourth-order valence-corrected chi connectivity index (χ4v) is 3.59. The van der Waals surface area contributed by atoms with E-state index in [-0.39, 0.29) is 5.91 Å². The molecule has 2 nitrogen and oxygen atoms in total. The number of hydrogen-bond donors (Lipinski definition) is 0. The third-order valence-electron chi connectivity index (χ3n) is 3.73. The van der Waals surface area contributed by atoms with Crippen LogP contribution in [0.1, 0.15) is 35.6 Å². The summed E-state index contributed by atoms with van der Waals surface area (Å²) in [6.45, 7) is 5.03. The largest absolute Gasteiger partial charge is 0.308 e. The highest BCUT2D eigenvalue weighted by molar-refractivity contribution is 7.13. The minimum absolute atomic E-state index is 0.129. The summed E-state index contributed by atoms with van der Waals surface area (Å²) in [6, 6.07) is 12.3. The Hall–Kier alpha value is -1.87. The van der Waals surface area contributed by atoms with Crippen LogP contribution >= 0.6 is 11.3 Å². The molecule has 1 aliphatic heterocycles. The maximum absolute atomic E-state index is 12.7.